The zero-order chi connectivity index (χ0) is 11.5. The Labute approximate surface area is 93.4 Å². The van der Waals surface area contributed by atoms with E-state index < -0.39 is 0 Å². The summed E-state index contributed by atoms with van der Waals surface area (Å²) in [6, 6.07) is 0. The van der Waals surface area contributed by atoms with E-state index in [0.717, 1.165) is 25.9 Å². The number of methoxy groups -OCH3 is 3. The molecule has 0 rings (SSSR count). The highest BCUT2D eigenvalue weighted by Gasteiger charge is 2.04. The van der Waals surface area contributed by atoms with E-state index in [9.17, 15) is 0 Å². The van der Waals surface area contributed by atoms with E-state index in [4.69, 9.17) is 14.2 Å². The molecule has 3 nitrogen and oxygen atoms in total. The van der Waals surface area contributed by atoms with Gasteiger partial charge in [-0.3, -0.25) is 0 Å². The highest BCUT2D eigenvalue weighted by Crippen LogP contribution is 2.06. The van der Waals surface area contributed by atoms with Crippen LogP contribution in [-0.4, -0.2) is 40.1 Å². The molecular weight excluding hydrogens is 192 g/mol. The van der Waals surface area contributed by atoms with Crippen molar-refractivity contribution >= 4 is 0 Å². The van der Waals surface area contributed by atoms with Crippen LogP contribution in [0.15, 0.2) is 12.2 Å². The van der Waals surface area contributed by atoms with Gasteiger partial charge in [0.2, 0.25) is 0 Å². The van der Waals surface area contributed by atoms with Gasteiger partial charge in [-0.05, 0) is 19.3 Å². The maximum Gasteiger partial charge on any atom is 0.0753 e. The molecular formula is C12H24O3. The van der Waals surface area contributed by atoms with Crippen molar-refractivity contribution in [3.63, 3.8) is 0 Å². The first-order valence-corrected chi connectivity index (χ1v) is 5.51. The van der Waals surface area contributed by atoms with Crippen LogP contribution in [0.4, 0.5) is 0 Å². The Balaban J connectivity index is 3.85. The van der Waals surface area contributed by atoms with Crippen LogP contribution in [0.25, 0.3) is 0 Å². The van der Waals surface area contributed by atoms with Crippen molar-refractivity contribution in [2.24, 2.45) is 0 Å². The van der Waals surface area contributed by atoms with E-state index in [0.29, 0.717) is 0 Å². The first-order chi connectivity index (χ1) is 7.28. The normalized spacial score (nSPS) is 15.7. The van der Waals surface area contributed by atoms with Gasteiger partial charge in [0.05, 0.1) is 12.2 Å². The zero-order valence-corrected chi connectivity index (χ0v) is 10.4. The molecule has 2 atom stereocenters. The van der Waals surface area contributed by atoms with E-state index in [1.807, 2.05) is 0 Å². The lowest BCUT2D eigenvalue weighted by atomic mass is 10.1. The largest absolute Gasteiger partial charge is 0.385 e. The molecule has 0 amide bonds. The maximum atomic E-state index is 5.34. The van der Waals surface area contributed by atoms with Crippen LogP contribution in [0.2, 0.25) is 0 Å². The second-order valence-electron chi connectivity index (χ2n) is 3.48. The maximum absolute atomic E-state index is 5.34. The molecule has 0 spiro atoms. The summed E-state index contributed by atoms with van der Waals surface area (Å²) in [4.78, 5) is 0. The predicted molar refractivity (Wildman–Crippen MR) is 62.1 cm³/mol. The number of hydrogen-bond donors (Lipinski definition) is 0. The van der Waals surface area contributed by atoms with Crippen molar-refractivity contribution in [1.29, 1.82) is 0 Å². The molecule has 0 bridgehead atoms. The van der Waals surface area contributed by atoms with Crippen molar-refractivity contribution in [1.82, 2.24) is 0 Å². The number of rotatable bonds is 9. The van der Waals surface area contributed by atoms with E-state index in [1.165, 1.54) is 0 Å². The highest BCUT2D eigenvalue weighted by atomic mass is 16.5. The van der Waals surface area contributed by atoms with Crippen LogP contribution in [0, 0.1) is 0 Å². The minimum absolute atomic E-state index is 0.171. The fraction of sp³-hybridized carbons (Fsp3) is 0.833. The standard InChI is InChI=1S/C12H24O3/c1-5-11(14-3)8-9-12(15-4)7-6-10-13-2/h8-9,11-12H,5-7,10H2,1-4H3. The SMILES string of the molecule is CCC(C=CC(CCCOC)OC)OC. The van der Waals surface area contributed by atoms with Gasteiger partial charge in [0.15, 0.2) is 0 Å². The summed E-state index contributed by atoms with van der Waals surface area (Å²) >= 11 is 0. The summed E-state index contributed by atoms with van der Waals surface area (Å²) in [5.41, 5.74) is 0. The second kappa shape index (κ2) is 10.1. The third kappa shape index (κ3) is 7.54. The number of ether oxygens (including phenoxy) is 3. The van der Waals surface area contributed by atoms with Crippen molar-refractivity contribution in [3.05, 3.63) is 12.2 Å². The van der Waals surface area contributed by atoms with Gasteiger partial charge >= 0.3 is 0 Å². The van der Waals surface area contributed by atoms with Crippen LogP contribution >= 0.6 is 0 Å². The van der Waals surface area contributed by atoms with Gasteiger partial charge in [0, 0.05) is 27.9 Å². The molecule has 0 aromatic carbocycles. The first-order valence-electron chi connectivity index (χ1n) is 5.51. The molecule has 0 aliphatic carbocycles. The van der Waals surface area contributed by atoms with Crippen LogP contribution in [0.1, 0.15) is 26.2 Å². The lowest BCUT2D eigenvalue weighted by molar-refractivity contribution is 0.111. The van der Waals surface area contributed by atoms with Crippen molar-refractivity contribution in [2.75, 3.05) is 27.9 Å². The molecule has 0 heterocycles. The van der Waals surface area contributed by atoms with Crippen LogP contribution in [0.3, 0.4) is 0 Å². The topological polar surface area (TPSA) is 27.7 Å². The molecule has 90 valence electrons. The lowest BCUT2D eigenvalue weighted by Gasteiger charge is -2.12. The van der Waals surface area contributed by atoms with Gasteiger partial charge in [0.1, 0.15) is 0 Å². The predicted octanol–water partition coefficient (Wildman–Crippen LogP) is 2.41. The van der Waals surface area contributed by atoms with E-state index in [-0.39, 0.29) is 12.2 Å². The summed E-state index contributed by atoms with van der Waals surface area (Å²) in [6.07, 6.45) is 7.51. The molecule has 0 aliphatic rings. The van der Waals surface area contributed by atoms with Gasteiger partial charge in [-0.15, -0.1) is 0 Å². The molecule has 2 unspecified atom stereocenters. The molecule has 0 fully saturated rings. The minimum Gasteiger partial charge on any atom is -0.385 e. The fourth-order valence-electron chi connectivity index (χ4n) is 1.35. The Morgan fingerprint density at radius 2 is 1.60 bits per heavy atom. The van der Waals surface area contributed by atoms with Gasteiger partial charge in [-0.1, -0.05) is 19.1 Å². The average Bonchev–Trinajstić information content (AvgIpc) is 2.28. The summed E-state index contributed by atoms with van der Waals surface area (Å²) in [5.74, 6) is 0. The first kappa shape index (κ1) is 14.6. The van der Waals surface area contributed by atoms with Gasteiger partial charge in [0.25, 0.3) is 0 Å². The Morgan fingerprint density at radius 3 is 2.07 bits per heavy atom. The Kier molecular flexibility index (Phi) is 9.89. The number of hydrogen-bond acceptors (Lipinski definition) is 3. The molecule has 0 aromatic rings. The molecule has 3 heteroatoms. The Bertz CT molecular complexity index is 153. The Morgan fingerprint density at radius 1 is 1.00 bits per heavy atom. The summed E-state index contributed by atoms with van der Waals surface area (Å²) in [5, 5.41) is 0. The molecule has 0 saturated carbocycles. The molecule has 0 aliphatic heterocycles. The molecule has 15 heavy (non-hydrogen) atoms. The monoisotopic (exact) mass is 216 g/mol. The summed E-state index contributed by atoms with van der Waals surface area (Å²) < 4.78 is 15.6. The highest BCUT2D eigenvalue weighted by molar-refractivity contribution is 4.94. The third-order valence-electron chi connectivity index (χ3n) is 2.39. The fourth-order valence-corrected chi connectivity index (χ4v) is 1.35. The smallest absolute Gasteiger partial charge is 0.0753 e. The average molecular weight is 216 g/mol. The van der Waals surface area contributed by atoms with Crippen molar-refractivity contribution in [3.8, 4) is 0 Å². The van der Waals surface area contributed by atoms with E-state index in [2.05, 4.69) is 19.1 Å². The molecule has 0 radical (unpaired) electrons. The van der Waals surface area contributed by atoms with Gasteiger partial charge in [-0.2, -0.15) is 0 Å². The van der Waals surface area contributed by atoms with Crippen molar-refractivity contribution in [2.45, 2.75) is 38.4 Å². The van der Waals surface area contributed by atoms with Crippen LogP contribution in [0.5, 0.6) is 0 Å². The van der Waals surface area contributed by atoms with Gasteiger partial charge < -0.3 is 14.2 Å². The lowest BCUT2D eigenvalue weighted by Crippen LogP contribution is -2.11. The Hall–Kier alpha value is -0.380. The third-order valence-corrected chi connectivity index (χ3v) is 2.39. The van der Waals surface area contributed by atoms with E-state index in [1.54, 1.807) is 21.3 Å². The van der Waals surface area contributed by atoms with Gasteiger partial charge in [-0.25, -0.2) is 0 Å². The molecule has 0 aromatic heterocycles. The summed E-state index contributed by atoms with van der Waals surface area (Å²) in [7, 11) is 5.18. The zero-order valence-electron chi connectivity index (χ0n) is 10.4. The van der Waals surface area contributed by atoms with E-state index >= 15 is 0 Å². The quantitative estimate of drug-likeness (QED) is 0.437. The van der Waals surface area contributed by atoms with Crippen molar-refractivity contribution < 1.29 is 14.2 Å². The van der Waals surface area contributed by atoms with Crippen LogP contribution in [-0.2, 0) is 14.2 Å². The second-order valence-corrected chi connectivity index (χ2v) is 3.48. The molecule has 0 saturated heterocycles. The van der Waals surface area contributed by atoms with Crippen LogP contribution < -0.4 is 0 Å². The minimum atomic E-state index is 0.171. The molecule has 0 N–H and O–H groups in total. The summed E-state index contributed by atoms with van der Waals surface area (Å²) in [6.45, 7) is 2.89.